The fourth-order valence-corrected chi connectivity index (χ4v) is 3.59. The Morgan fingerprint density at radius 3 is 2.39 bits per heavy atom. The SMILES string of the molecule is CC1CCN(CCS(=O)(=O)c2ccccc2)CC1. The number of benzene rings is 1. The largest absolute Gasteiger partial charge is 0.302 e. The molecule has 3 nitrogen and oxygen atoms in total. The first-order chi connectivity index (χ1) is 8.58. The van der Waals surface area contributed by atoms with Gasteiger partial charge in [-0.15, -0.1) is 0 Å². The molecule has 0 radical (unpaired) electrons. The highest BCUT2D eigenvalue weighted by molar-refractivity contribution is 7.91. The van der Waals surface area contributed by atoms with E-state index in [0.717, 1.165) is 19.0 Å². The van der Waals surface area contributed by atoms with Crippen molar-refractivity contribution in [3.63, 3.8) is 0 Å². The molecule has 1 aliphatic rings. The molecular weight excluding hydrogens is 246 g/mol. The summed E-state index contributed by atoms with van der Waals surface area (Å²) in [5, 5.41) is 0. The Balaban J connectivity index is 1.90. The molecule has 0 amide bonds. The number of sulfone groups is 1. The van der Waals surface area contributed by atoms with E-state index >= 15 is 0 Å². The van der Waals surface area contributed by atoms with Gasteiger partial charge in [-0.2, -0.15) is 0 Å². The summed E-state index contributed by atoms with van der Waals surface area (Å²) in [4.78, 5) is 2.70. The Morgan fingerprint density at radius 2 is 1.78 bits per heavy atom. The van der Waals surface area contributed by atoms with Crippen LogP contribution >= 0.6 is 0 Å². The molecule has 2 rings (SSSR count). The van der Waals surface area contributed by atoms with Gasteiger partial charge in [0.15, 0.2) is 9.84 Å². The maximum absolute atomic E-state index is 12.1. The summed E-state index contributed by atoms with van der Waals surface area (Å²) in [7, 11) is -3.11. The number of likely N-dealkylation sites (tertiary alicyclic amines) is 1. The Bertz CT molecular complexity index is 462. The Labute approximate surface area is 110 Å². The molecule has 1 fully saturated rings. The minimum Gasteiger partial charge on any atom is -0.302 e. The van der Waals surface area contributed by atoms with Crippen LogP contribution in [0.15, 0.2) is 35.2 Å². The quantitative estimate of drug-likeness (QED) is 0.839. The molecule has 0 saturated carbocycles. The minimum atomic E-state index is -3.11. The first-order valence-corrected chi connectivity index (χ1v) is 8.23. The molecule has 0 atom stereocenters. The van der Waals surface area contributed by atoms with Crippen molar-refractivity contribution in [2.45, 2.75) is 24.7 Å². The molecule has 0 aliphatic carbocycles. The molecule has 0 bridgehead atoms. The summed E-state index contributed by atoms with van der Waals surface area (Å²) in [5.74, 6) is 1.01. The van der Waals surface area contributed by atoms with Gasteiger partial charge in [-0.05, 0) is 44.0 Å². The summed E-state index contributed by atoms with van der Waals surface area (Å²) < 4.78 is 24.2. The van der Waals surface area contributed by atoms with Gasteiger partial charge in [0.05, 0.1) is 10.6 Å². The molecule has 1 aliphatic heterocycles. The number of hydrogen-bond acceptors (Lipinski definition) is 3. The second-order valence-electron chi connectivity index (χ2n) is 5.16. The summed E-state index contributed by atoms with van der Waals surface area (Å²) in [6.07, 6.45) is 2.37. The van der Waals surface area contributed by atoms with Gasteiger partial charge in [-0.1, -0.05) is 25.1 Å². The normalized spacial score (nSPS) is 18.9. The predicted molar refractivity (Wildman–Crippen MR) is 73.3 cm³/mol. The number of rotatable bonds is 4. The summed E-state index contributed by atoms with van der Waals surface area (Å²) in [6.45, 7) is 4.99. The van der Waals surface area contributed by atoms with Crippen LogP contribution in [0.1, 0.15) is 19.8 Å². The third-order valence-electron chi connectivity index (χ3n) is 3.65. The van der Waals surface area contributed by atoms with E-state index < -0.39 is 9.84 Å². The lowest BCUT2D eigenvalue weighted by Crippen LogP contribution is -2.36. The molecule has 18 heavy (non-hydrogen) atoms. The summed E-state index contributed by atoms with van der Waals surface area (Å²) >= 11 is 0. The first-order valence-electron chi connectivity index (χ1n) is 6.58. The Morgan fingerprint density at radius 1 is 1.17 bits per heavy atom. The van der Waals surface area contributed by atoms with Gasteiger partial charge in [0.25, 0.3) is 0 Å². The average Bonchev–Trinajstić information content (AvgIpc) is 2.39. The van der Waals surface area contributed by atoms with Crippen molar-refractivity contribution in [1.82, 2.24) is 4.90 Å². The molecule has 1 saturated heterocycles. The molecule has 0 spiro atoms. The molecule has 1 aromatic carbocycles. The second kappa shape index (κ2) is 5.85. The highest BCUT2D eigenvalue weighted by atomic mass is 32.2. The van der Waals surface area contributed by atoms with Gasteiger partial charge >= 0.3 is 0 Å². The molecule has 0 N–H and O–H groups in total. The smallest absolute Gasteiger partial charge is 0.179 e. The molecule has 0 aromatic heterocycles. The zero-order valence-corrected chi connectivity index (χ0v) is 11.7. The first kappa shape index (κ1) is 13.6. The van der Waals surface area contributed by atoms with Crippen LogP contribution in [-0.4, -0.2) is 38.7 Å². The van der Waals surface area contributed by atoms with E-state index in [4.69, 9.17) is 0 Å². The molecule has 1 heterocycles. The van der Waals surface area contributed by atoms with E-state index in [1.54, 1.807) is 24.3 Å². The van der Waals surface area contributed by atoms with Crippen molar-refractivity contribution in [3.8, 4) is 0 Å². The van der Waals surface area contributed by atoms with Crippen molar-refractivity contribution in [2.75, 3.05) is 25.4 Å². The van der Waals surface area contributed by atoms with Gasteiger partial charge in [0.1, 0.15) is 0 Å². The van der Waals surface area contributed by atoms with E-state index in [-0.39, 0.29) is 5.75 Å². The van der Waals surface area contributed by atoms with E-state index in [0.29, 0.717) is 11.4 Å². The average molecular weight is 267 g/mol. The number of piperidine rings is 1. The highest BCUT2D eigenvalue weighted by Crippen LogP contribution is 2.16. The van der Waals surface area contributed by atoms with Crippen molar-refractivity contribution in [1.29, 1.82) is 0 Å². The molecule has 1 aromatic rings. The lowest BCUT2D eigenvalue weighted by Gasteiger charge is -2.29. The number of nitrogens with zero attached hydrogens (tertiary/aromatic N) is 1. The summed E-state index contributed by atoms with van der Waals surface area (Å²) in [6, 6.07) is 8.73. The predicted octanol–water partition coefficient (Wildman–Crippen LogP) is 2.19. The van der Waals surface area contributed by atoms with E-state index in [9.17, 15) is 8.42 Å². The van der Waals surface area contributed by atoms with Gasteiger partial charge in [-0.25, -0.2) is 8.42 Å². The van der Waals surface area contributed by atoms with Crippen LogP contribution in [0.5, 0.6) is 0 Å². The van der Waals surface area contributed by atoms with Crippen molar-refractivity contribution >= 4 is 9.84 Å². The standard InChI is InChI=1S/C14H21NO2S/c1-13-7-9-15(10-8-13)11-12-18(16,17)14-5-3-2-4-6-14/h2-6,13H,7-12H2,1H3. The highest BCUT2D eigenvalue weighted by Gasteiger charge is 2.19. The van der Waals surface area contributed by atoms with Crippen molar-refractivity contribution < 1.29 is 8.42 Å². The maximum Gasteiger partial charge on any atom is 0.179 e. The number of hydrogen-bond donors (Lipinski definition) is 0. The second-order valence-corrected chi connectivity index (χ2v) is 7.27. The van der Waals surface area contributed by atoms with Crippen LogP contribution in [0.2, 0.25) is 0 Å². The van der Waals surface area contributed by atoms with Gasteiger partial charge in [0.2, 0.25) is 0 Å². The van der Waals surface area contributed by atoms with Crippen LogP contribution in [-0.2, 0) is 9.84 Å². The third-order valence-corrected chi connectivity index (χ3v) is 5.37. The molecule has 0 unspecified atom stereocenters. The monoisotopic (exact) mass is 267 g/mol. The van der Waals surface area contributed by atoms with Crippen LogP contribution in [0, 0.1) is 5.92 Å². The van der Waals surface area contributed by atoms with Gasteiger partial charge in [0, 0.05) is 6.54 Å². The van der Waals surface area contributed by atoms with Crippen molar-refractivity contribution in [2.24, 2.45) is 5.92 Å². The fraction of sp³-hybridized carbons (Fsp3) is 0.571. The van der Waals surface area contributed by atoms with Gasteiger partial charge < -0.3 is 4.90 Å². The topological polar surface area (TPSA) is 37.4 Å². The molecule has 100 valence electrons. The van der Waals surface area contributed by atoms with Crippen LogP contribution in [0.25, 0.3) is 0 Å². The van der Waals surface area contributed by atoms with Crippen LogP contribution < -0.4 is 0 Å². The van der Waals surface area contributed by atoms with Gasteiger partial charge in [-0.3, -0.25) is 0 Å². The Hall–Kier alpha value is -0.870. The van der Waals surface area contributed by atoms with E-state index in [1.807, 2.05) is 6.07 Å². The molecular formula is C14H21NO2S. The Kier molecular flexibility index (Phi) is 4.40. The lowest BCUT2D eigenvalue weighted by molar-refractivity contribution is 0.202. The maximum atomic E-state index is 12.1. The summed E-state index contributed by atoms with van der Waals surface area (Å²) in [5.41, 5.74) is 0. The lowest BCUT2D eigenvalue weighted by atomic mass is 9.99. The fourth-order valence-electron chi connectivity index (χ4n) is 2.28. The minimum absolute atomic E-state index is 0.228. The van der Waals surface area contributed by atoms with Crippen LogP contribution in [0.4, 0.5) is 0 Å². The van der Waals surface area contributed by atoms with E-state index in [1.165, 1.54) is 12.8 Å². The van der Waals surface area contributed by atoms with Crippen molar-refractivity contribution in [3.05, 3.63) is 30.3 Å². The third kappa shape index (κ3) is 3.56. The molecule has 4 heteroatoms. The zero-order chi connectivity index (χ0) is 13.0. The zero-order valence-electron chi connectivity index (χ0n) is 10.9. The van der Waals surface area contributed by atoms with E-state index in [2.05, 4.69) is 11.8 Å². The van der Waals surface area contributed by atoms with Crippen LogP contribution in [0.3, 0.4) is 0 Å².